The Morgan fingerprint density at radius 3 is 2.86 bits per heavy atom. The van der Waals surface area contributed by atoms with Crippen molar-refractivity contribution in [1.82, 2.24) is 10.2 Å². The Hall–Kier alpha value is -0.410. The fraction of sp³-hybridized carbons (Fsp3) is 0.500. The third kappa shape index (κ3) is 5.71. The van der Waals surface area contributed by atoms with Gasteiger partial charge in [0.15, 0.2) is 5.96 Å². The topological polar surface area (TPSA) is 47.9 Å². The molecule has 1 aromatic rings. The molecule has 118 valence electrons. The maximum absolute atomic E-state index is 13.3. The predicted molar refractivity (Wildman–Crippen MR) is 96.5 cm³/mol. The van der Waals surface area contributed by atoms with E-state index in [0.717, 1.165) is 31.0 Å². The van der Waals surface area contributed by atoms with E-state index >= 15 is 0 Å². The van der Waals surface area contributed by atoms with Gasteiger partial charge < -0.3 is 15.3 Å². The summed E-state index contributed by atoms with van der Waals surface area (Å²) < 4.78 is 14.0. The summed E-state index contributed by atoms with van der Waals surface area (Å²) in [4.78, 5) is 6.55. The van der Waals surface area contributed by atoms with Crippen molar-refractivity contribution in [3.8, 4) is 0 Å². The molecule has 21 heavy (non-hydrogen) atoms. The van der Waals surface area contributed by atoms with Crippen LogP contribution < -0.4 is 5.32 Å². The summed E-state index contributed by atoms with van der Waals surface area (Å²) in [6.07, 6.45) is 0.470. The van der Waals surface area contributed by atoms with Crippen LogP contribution in [0.2, 0.25) is 0 Å². The van der Waals surface area contributed by atoms with Crippen molar-refractivity contribution in [2.45, 2.75) is 26.0 Å². The monoisotopic (exact) mass is 471 g/mol. The minimum Gasteiger partial charge on any atom is -0.391 e. The molecule has 0 unspecified atom stereocenters. The molecule has 1 aliphatic heterocycles. The molecule has 1 heterocycles. The number of aliphatic imine (C=N–C) groups is 1. The molecule has 0 bridgehead atoms. The zero-order chi connectivity index (χ0) is 14.5. The number of rotatable bonds is 3. The summed E-state index contributed by atoms with van der Waals surface area (Å²) >= 11 is 3.28. The standard InChI is InChI=1S/C14H19BrFN3O.HI/c1-2-17-14(19-4-3-13(20)9-19)18-8-10-5-11(15)7-12(16)6-10;/h5-7,13,20H,2-4,8-9H2,1H3,(H,17,18);1H/t13-;/m1./s1. The van der Waals surface area contributed by atoms with E-state index in [0.29, 0.717) is 17.6 Å². The minimum atomic E-state index is -0.290. The highest BCUT2D eigenvalue weighted by Crippen LogP contribution is 2.16. The second kappa shape index (κ2) is 8.89. The molecule has 2 N–H and O–H groups in total. The molecule has 1 fully saturated rings. The van der Waals surface area contributed by atoms with Gasteiger partial charge in [0.1, 0.15) is 5.82 Å². The second-order valence-corrected chi connectivity index (χ2v) is 5.75. The third-order valence-corrected chi connectivity index (χ3v) is 3.59. The number of β-amino-alcohol motifs (C(OH)–C–C–N with tert-alkyl or cyclic N) is 1. The Bertz CT molecular complexity index is 481. The molecule has 0 spiro atoms. The quantitative estimate of drug-likeness (QED) is 0.405. The molecule has 0 saturated carbocycles. The number of hydrogen-bond donors (Lipinski definition) is 2. The van der Waals surface area contributed by atoms with Crippen molar-refractivity contribution in [1.29, 1.82) is 0 Å². The van der Waals surface area contributed by atoms with E-state index in [-0.39, 0.29) is 35.9 Å². The second-order valence-electron chi connectivity index (χ2n) is 4.84. The van der Waals surface area contributed by atoms with E-state index in [1.807, 2.05) is 17.9 Å². The number of nitrogens with zero attached hydrogens (tertiary/aromatic N) is 2. The van der Waals surface area contributed by atoms with Crippen LogP contribution in [0.4, 0.5) is 4.39 Å². The Morgan fingerprint density at radius 1 is 1.52 bits per heavy atom. The molecule has 1 aliphatic rings. The van der Waals surface area contributed by atoms with Crippen LogP contribution in [0.5, 0.6) is 0 Å². The molecule has 1 atom stereocenters. The molecular formula is C14H20BrFIN3O. The molecule has 2 rings (SSSR count). The lowest BCUT2D eigenvalue weighted by Gasteiger charge is -2.20. The summed E-state index contributed by atoms with van der Waals surface area (Å²) in [7, 11) is 0. The van der Waals surface area contributed by atoms with E-state index in [2.05, 4.69) is 26.2 Å². The van der Waals surface area contributed by atoms with Crippen molar-refractivity contribution in [3.63, 3.8) is 0 Å². The fourth-order valence-corrected chi connectivity index (χ4v) is 2.74. The van der Waals surface area contributed by atoms with Crippen molar-refractivity contribution < 1.29 is 9.50 Å². The summed E-state index contributed by atoms with van der Waals surface area (Å²) in [5.74, 6) is 0.496. The number of nitrogens with one attached hydrogen (secondary N) is 1. The number of likely N-dealkylation sites (tertiary alicyclic amines) is 1. The van der Waals surface area contributed by atoms with Gasteiger partial charge >= 0.3 is 0 Å². The maximum atomic E-state index is 13.3. The van der Waals surface area contributed by atoms with Crippen LogP contribution in [0.15, 0.2) is 27.7 Å². The Morgan fingerprint density at radius 2 is 2.29 bits per heavy atom. The molecule has 4 nitrogen and oxygen atoms in total. The minimum absolute atomic E-state index is 0. The van der Waals surface area contributed by atoms with Gasteiger partial charge in [-0.2, -0.15) is 0 Å². The molecule has 0 aliphatic carbocycles. The van der Waals surface area contributed by atoms with Crippen LogP contribution in [0.3, 0.4) is 0 Å². The Balaban J connectivity index is 0.00000220. The van der Waals surface area contributed by atoms with E-state index in [1.54, 1.807) is 0 Å². The van der Waals surface area contributed by atoms with Gasteiger partial charge in [0, 0.05) is 24.1 Å². The fourth-order valence-electron chi connectivity index (χ4n) is 2.23. The largest absolute Gasteiger partial charge is 0.391 e. The van der Waals surface area contributed by atoms with Crippen molar-refractivity contribution in [2.75, 3.05) is 19.6 Å². The Kier molecular flexibility index (Phi) is 7.89. The van der Waals surface area contributed by atoms with Gasteiger partial charge in [0.25, 0.3) is 0 Å². The van der Waals surface area contributed by atoms with E-state index in [4.69, 9.17) is 0 Å². The maximum Gasteiger partial charge on any atom is 0.194 e. The summed E-state index contributed by atoms with van der Waals surface area (Å²) in [6.45, 7) is 4.56. The zero-order valence-electron chi connectivity index (χ0n) is 11.9. The lowest BCUT2D eigenvalue weighted by Crippen LogP contribution is -2.40. The molecule has 0 aromatic heterocycles. The van der Waals surface area contributed by atoms with Gasteiger partial charge in [-0.05, 0) is 37.1 Å². The van der Waals surface area contributed by atoms with Crippen LogP contribution in [0.1, 0.15) is 18.9 Å². The molecule has 0 amide bonds. The predicted octanol–water partition coefficient (Wildman–Crippen LogP) is 2.74. The number of aliphatic hydroxyl groups excluding tert-OH is 1. The number of benzene rings is 1. The van der Waals surface area contributed by atoms with Gasteiger partial charge in [-0.3, -0.25) is 0 Å². The van der Waals surface area contributed by atoms with Crippen LogP contribution in [-0.4, -0.2) is 41.7 Å². The first kappa shape index (κ1) is 18.6. The normalized spacial score (nSPS) is 18.6. The SMILES string of the molecule is CCNC(=NCc1cc(F)cc(Br)c1)N1CC[C@@H](O)C1.I. The first-order chi connectivity index (χ1) is 9.58. The zero-order valence-corrected chi connectivity index (χ0v) is 15.8. The lowest BCUT2D eigenvalue weighted by atomic mass is 10.2. The molecule has 7 heteroatoms. The van der Waals surface area contributed by atoms with Crippen LogP contribution >= 0.6 is 39.9 Å². The van der Waals surface area contributed by atoms with Gasteiger partial charge in [0.05, 0.1) is 12.6 Å². The highest BCUT2D eigenvalue weighted by atomic mass is 127. The van der Waals surface area contributed by atoms with Crippen molar-refractivity contribution in [2.24, 2.45) is 4.99 Å². The average molecular weight is 472 g/mol. The van der Waals surface area contributed by atoms with Gasteiger partial charge in [-0.25, -0.2) is 9.38 Å². The van der Waals surface area contributed by atoms with E-state index < -0.39 is 0 Å². The van der Waals surface area contributed by atoms with Crippen LogP contribution in [-0.2, 0) is 6.54 Å². The van der Waals surface area contributed by atoms with E-state index in [9.17, 15) is 9.50 Å². The van der Waals surface area contributed by atoms with Gasteiger partial charge in [-0.1, -0.05) is 15.9 Å². The van der Waals surface area contributed by atoms with Crippen LogP contribution in [0, 0.1) is 5.82 Å². The van der Waals surface area contributed by atoms with Crippen molar-refractivity contribution >= 4 is 45.9 Å². The van der Waals surface area contributed by atoms with Gasteiger partial charge in [-0.15, -0.1) is 24.0 Å². The summed E-state index contributed by atoms with van der Waals surface area (Å²) in [5, 5.41) is 12.8. The summed E-state index contributed by atoms with van der Waals surface area (Å²) in [6, 6.07) is 4.76. The molecular weight excluding hydrogens is 452 g/mol. The summed E-state index contributed by atoms with van der Waals surface area (Å²) in [5.41, 5.74) is 0.812. The number of guanidine groups is 1. The smallest absolute Gasteiger partial charge is 0.194 e. The number of halogens is 3. The Labute approximate surface area is 150 Å². The number of hydrogen-bond acceptors (Lipinski definition) is 2. The first-order valence-electron chi connectivity index (χ1n) is 6.74. The molecule has 1 aromatic carbocycles. The lowest BCUT2D eigenvalue weighted by molar-refractivity contribution is 0.188. The third-order valence-electron chi connectivity index (χ3n) is 3.13. The first-order valence-corrected chi connectivity index (χ1v) is 7.54. The van der Waals surface area contributed by atoms with E-state index in [1.165, 1.54) is 12.1 Å². The molecule has 1 saturated heterocycles. The van der Waals surface area contributed by atoms with Crippen molar-refractivity contribution in [3.05, 3.63) is 34.1 Å². The highest BCUT2D eigenvalue weighted by molar-refractivity contribution is 14.0. The number of aliphatic hydroxyl groups is 1. The molecule has 0 radical (unpaired) electrons. The highest BCUT2D eigenvalue weighted by Gasteiger charge is 2.22. The van der Waals surface area contributed by atoms with Gasteiger partial charge in [0.2, 0.25) is 0 Å². The average Bonchev–Trinajstić information content (AvgIpc) is 2.80. The van der Waals surface area contributed by atoms with Crippen LogP contribution in [0.25, 0.3) is 0 Å².